The van der Waals surface area contributed by atoms with Crippen LogP contribution in [0.3, 0.4) is 0 Å². The molecule has 1 aromatic carbocycles. The van der Waals surface area contributed by atoms with Crippen molar-refractivity contribution in [2.75, 3.05) is 6.54 Å². The molecule has 2 heteroatoms. The predicted octanol–water partition coefficient (Wildman–Crippen LogP) is 4.70. The summed E-state index contributed by atoms with van der Waals surface area (Å²) in [5.41, 5.74) is 1.18. The summed E-state index contributed by atoms with van der Waals surface area (Å²) < 4.78 is 0. The monoisotopic (exact) mass is 274 g/mol. The van der Waals surface area contributed by atoms with E-state index in [4.69, 9.17) is 0 Å². The number of carbonyl (C=O) groups excluding carboxylic acids is 1. The van der Waals surface area contributed by atoms with Gasteiger partial charge in [0, 0.05) is 13.1 Å². The van der Waals surface area contributed by atoms with Gasteiger partial charge in [-0.2, -0.15) is 0 Å². The van der Waals surface area contributed by atoms with Crippen molar-refractivity contribution in [3.8, 4) is 0 Å². The average molecular weight is 274 g/mol. The fourth-order valence-electron chi connectivity index (χ4n) is 2.40. The van der Waals surface area contributed by atoms with Gasteiger partial charge < -0.3 is 4.90 Å². The number of hydrogen-bond donors (Lipinski definition) is 0. The van der Waals surface area contributed by atoms with Crippen LogP contribution in [-0.2, 0) is 11.3 Å². The van der Waals surface area contributed by atoms with Crippen LogP contribution in [-0.4, -0.2) is 17.9 Å². The Kier molecular flexibility index (Phi) is 9.64. The van der Waals surface area contributed by atoms with E-state index in [1.807, 2.05) is 18.2 Å². The predicted molar refractivity (Wildman–Crippen MR) is 85.2 cm³/mol. The maximum Gasteiger partial charge on any atom is 0.312 e. The third-order valence-electron chi connectivity index (χ3n) is 3.63. The highest BCUT2D eigenvalue weighted by Gasteiger charge is 2.03. The molecule has 0 spiro atoms. The zero-order chi connectivity index (χ0) is 14.5. The molecular weight excluding hydrogens is 246 g/mol. The van der Waals surface area contributed by atoms with E-state index in [2.05, 4.69) is 25.5 Å². The number of amides is 1. The SMILES string of the molecule is CCCCCCCCCCN([C]=O)Cc1ccccc1. The van der Waals surface area contributed by atoms with Crippen molar-refractivity contribution >= 4 is 6.41 Å². The van der Waals surface area contributed by atoms with E-state index < -0.39 is 0 Å². The first-order chi connectivity index (χ1) is 9.86. The molecule has 1 radical (unpaired) electrons. The van der Waals surface area contributed by atoms with E-state index >= 15 is 0 Å². The second kappa shape index (κ2) is 11.5. The van der Waals surface area contributed by atoms with Crippen LogP contribution in [0.4, 0.5) is 0 Å². The Hall–Kier alpha value is -1.31. The van der Waals surface area contributed by atoms with Gasteiger partial charge in [0.25, 0.3) is 0 Å². The van der Waals surface area contributed by atoms with Crippen LogP contribution in [0.15, 0.2) is 30.3 Å². The first-order valence-electron chi connectivity index (χ1n) is 8.03. The van der Waals surface area contributed by atoms with Gasteiger partial charge in [0.15, 0.2) is 0 Å². The fourth-order valence-corrected chi connectivity index (χ4v) is 2.40. The third kappa shape index (κ3) is 7.98. The molecule has 0 aliphatic heterocycles. The first-order valence-corrected chi connectivity index (χ1v) is 8.03. The first kappa shape index (κ1) is 16.7. The quantitative estimate of drug-likeness (QED) is 0.400. The lowest BCUT2D eigenvalue weighted by molar-refractivity contribution is 0.361. The van der Waals surface area contributed by atoms with Crippen molar-refractivity contribution in [3.05, 3.63) is 35.9 Å². The molecule has 0 aliphatic rings. The van der Waals surface area contributed by atoms with Gasteiger partial charge in [-0.25, -0.2) is 0 Å². The summed E-state index contributed by atoms with van der Waals surface area (Å²) in [6, 6.07) is 10.1. The molecule has 0 aromatic heterocycles. The normalized spacial score (nSPS) is 10.4. The Morgan fingerprint density at radius 2 is 1.50 bits per heavy atom. The highest BCUT2D eigenvalue weighted by atomic mass is 16.1. The molecule has 0 saturated carbocycles. The van der Waals surface area contributed by atoms with Gasteiger partial charge >= 0.3 is 6.41 Å². The van der Waals surface area contributed by atoms with Gasteiger partial charge in [0.1, 0.15) is 0 Å². The summed E-state index contributed by atoms with van der Waals surface area (Å²) in [5.74, 6) is 0. The maximum atomic E-state index is 10.9. The maximum absolute atomic E-state index is 10.9. The number of unbranched alkanes of at least 4 members (excludes halogenated alkanes) is 7. The molecule has 0 N–H and O–H groups in total. The summed E-state index contributed by atoms with van der Waals surface area (Å²) in [6.07, 6.45) is 12.4. The summed E-state index contributed by atoms with van der Waals surface area (Å²) in [4.78, 5) is 12.7. The Labute approximate surface area is 124 Å². The van der Waals surface area contributed by atoms with Crippen molar-refractivity contribution in [2.24, 2.45) is 0 Å². The van der Waals surface area contributed by atoms with E-state index in [1.54, 1.807) is 4.90 Å². The minimum Gasteiger partial charge on any atom is -0.330 e. The Morgan fingerprint density at radius 1 is 0.900 bits per heavy atom. The molecule has 0 unspecified atom stereocenters. The zero-order valence-electron chi connectivity index (χ0n) is 12.8. The van der Waals surface area contributed by atoms with Crippen LogP contribution >= 0.6 is 0 Å². The van der Waals surface area contributed by atoms with E-state index in [1.165, 1.54) is 50.5 Å². The molecule has 0 atom stereocenters. The number of hydrogen-bond acceptors (Lipinski definition) is 1. The number of nitrogens with zero attached hydrogens (tertiary/aromatic N) is 1. The number of benzene rings is 1. The molecule has 0 bridgehead atoms. The van der Waals surface area contributed by atoms with Gasteiger partial charge in [0.05, 0.1) is 0 Å². The average Bonchev–Trinajstić information content (AvgIpc) is 2.49. The van der Waals surface area contributed by atoms with Crippen molar-refractivity contribution in [1.29, 1.82) is 0 Å². The van der Waals surface area contributed by atoms with Crippen molar-refractivity contribution < 1.29 is 4.79 Å². The highest BCUT2D eigenvalue weighted by molar-refractivity contribution is 5.48. The summed E-state index contributed by atoms with van der Waals surface area (Å²) in [6.45, 7) is 3.76. The van der Waals surface area contributed by atoms with Crippen LogP contribution in [0.5, 0.6) is 0 Å². The smallest absolute Gasteiger partial charge is 0.312 e. The number of rotatable bonds is 12. The summed E-state index contributed by atoms with van der Waals surface area (Å²) >= 11 is 0. The molecule has 0 saturated heterocycles. The third-order valence-corrected chi connectivity index (χ3v) is 3.63. The Bertz CT molecular complexity index is 337. The molecule has 1 amide bonds. The largest absolute Gasteiger partial charge is 0.330 e. The lowest BCUT2D eigenvalue weighted by atomic mass is 10.1. The Balaban J connectivity index is 2.05. The van der Waals surface area contributed by atoms with Gasteiger partial charge in [-0.3, -0.25) is 4.79 Å². The van der Waals surface area contributed by atoms with E-state index in [0.717, 1.165) is 13.0 Å². The molecule has 0 fully saturated rings. The van der Waals surface area contributed by atoms with Gasteiger partial charge in [-0.05, 0) is 12.0 Å². The second-order valence-electron chi connectivity index (χ2n) is 5.47. The van der Waals surface area contributed by atoms with Crippen LogP contribution in [0, 0.1) is 0 Å². The van der Waals surface area contributed by atoms with Gasteiger partial charge in [-0.15, -0.1) is 0 Å². The zero-order valence-corrected chi connectivity index (χ0v) is 12.8. The van der Waals surface area contributed by atoms with Crippen molar-refractivity contribution in [1.82, 2.24) is 4.90 Å². The molecule has 0 aliphatic carbocycles. The standard InChI is InChI=1S/C18H28NO/c1-2-3-4-5-6-7-8-12-15-19(17-20)16-18-13-10-9-11-14-18/h9-11,13-14H,2-8,12,15-16H2,1H3. The molecular formula is C18H28NO. The van der Waals surface area contributed by atoms with Crippen molar-refractivity contribution in [3.63, 3.8) is 0 Å². The molecule has 1 aromatic rings. The molecule has 111 valence electrons. The lowest BCUT2D eigenvalue weighted by Crippen LogP contribution is -2.22. The molecule has 0 heterocycles. The second-order valence-corrected chi connectivity index (χ2v) is 5.47. The van der Waals surface area contributed by atoms with E-state index in [9.17, 15) is 4.79 Å². The highest BCUT2D eigenvalue weighted by Crippen LogP contribution is 2.09. The molecule has 2 nitrogen and oxygen atoms in total. The van der Waals surface area contributed by atoms with Gasteiger partial charge in [-0.1, -0.05) is 82.2 Å². The molecule has 1 rings (SSSR count). The molecule has 20 heavy (non-hydrogen) atoms. The minimum absolute atomic E-state index is 0.681. The topological polar surface area (TPSA) is 20.3 Å². The summed E-state index contributed by atoms with van der Waals surface area (Å²) in [7, 11) is 0. The van der Waals surface area contributed by atoms with Crippen molar-refractivity contribution in [2.45, 2.75) is 64.8 Å². The van der Waals surface area contributed by atoms with Crippen LogP contribution in [0.25, 0.3) is 0 Å². The minimum atomic E-state index is 0.681. The van der Waals surface area contributed by atoms with Crippen LogP contribution < -0.4 is 0 Å². The van der Waals surface area contributed by atoms with E-state index in [0.29, 0.717) is 6.54 Å². The Morgan fingerprint density at radius 3 is 2.10 bits per heavy atom. The lowest BCUT2D eigenvalue weighted by Gasteiger charge is -2.16. The summed E-state index contributed by atoms with van der Waals surface area (Å²) in [5, 5.41) is 0. The van der Waals surface area contributed by atoms with Crippen LogP contribution in [0.2, 0.25) is 0 Å². The van der Waals surface area contributed by atoms with E-state index in [-0.39, 0.29) is 0 Å². The van der Waals surface area contributed by atoms with Crippen LogP contribution in [0.1, 0.15) is 63.9 Å². The van der Waals surface area contributed by atoms with Gasteiger partial charge in [0.2, 0.25) is 0 Å². The fraction of sp³-hybridized carbons (Fsp3) is 0.611.